The molecule has 3 aromatic rings. The summed E-state index contributed by atoms with van der Waals surface area (Å²) in [5.41, 5.74) is 1.83. The fourth-order valence-electron chi connectivity index (χ4n) is 2.28. The highest BCUT2D eigenvalue weighted by molar-refractivity contribution is 5.81. The van der Waals surface area contributed by atoms with Gasteiger partial charge in [-0.05, 0) is 31.2 Å². The molecule has 6 heteroatoms. The van der Waals surface area contributed by atoms with Gasteiger partial charge < -0.3 is 10.1 Å². The number of halogens is 3. The highest BCUT2D eigenvalue weighted by atomic mass is 19.3. The van der Waals surface area contributed by atoms with Crippen LogP contribution in [0.5, 0.6) is 5.75 Å². The van der Waals surface area contributed by atoms with Crippen LogP contribution in [0.25, 0.3) is 22.4 Å². The Bertz CT molecular complexity index is 843. The Balaban J connectivity index is 2.12. The van der Waals surface area contributed by atoms with Gasteiger partial charge in [0.05, 0.1) is 16.6 Å². The third-order valence-corrected chi connectivity index (χ3v) is 3.48. The van der Waals surface area contributed by atoms with Crippen molar-refractivity contribution in [3.8, 4) is 17.1 Å². The fraction of sp³-hybridized carbons (Fsp3) is 0.188. The second-order valence-electron chi connectivity index (χ2n) is 5.18. The van der Waals surface area contributed by atoms with Gasteiger partial charge in [-0.2, -0.15) is 8.78 Å². The largest absolute Gasteiger partial charge is 0.507 e. The Hall–Kier alpha value is -2.50. The fourth-order valence-corrected chi connectivity index (χ4v) is 2.28. The van der Waals surface area contributed by atoms with Crippen molar-refractivity contribution in [2.24, 2.45) is 0 Å². The van der Waals surface area contributed by atoms with Gasteiger partial charge in [-0.15, -0.1) is 0 Å². The van der Waals surface area contributed by atoms with Crippen LogP contribution < -0.4 is 0 Å². The molecule has 22 heavy (non-hydrogen) atoms. The molecule has 0 aliphatic carbocycles. The molecule has 0 saturated carbocycles. The standard InChI is InChI=1S/C16H13F3N2O/c1-9-2-5-14(22)11(6-9)15-20-12-4-3-10(7-13(12)21-15)16(18,19)8-17/h2-7,22H,8H2,1H3,(H,20,21). The van der Waals surface area contributed by atoms with Crippen molar-refractivity contribution in [2.75, 3.05) is 6.67 Å². The molecule has 3 rings (SSSR count). The minimum Gasteiger partial charge on any atom is -0.507 e. The molecule has 1 heterocycles. The van der Waals surface area contributed by atoms with Crippen molar-refractivity contribution in [2.45, 2.75) is 12.8 Å². The van der Waals surface area contributed by atoms with Crippen molar-refractivity contribution in [1.29, 1.82) is 0 Å². The summed E-state index contributed by atoms with van der Waals surface area (Å²) in [6.45, 7) is 0.115. The first kappa shape index (κ1) is 14.4. The van der Waals surface area contributed by atoms with E-state index < -0.39 is 18.2 Å². The van der Waals surface area contributed by atoms with Crippen molar-refractivity contribution in [1.82, 2.24) is 9.97 Å². The summed E-state index contributed by atoms with van der Waals surface area (Å²) in [5, 5.41) is 9.91. The van der Waals surface area contributed by atoms with E-state index in [1.165, 1.54) is 12.1 Å². The summed E-state index contributed by atoms with van der Waals surface area (Å²) in [5.74, 6) is -3.11. The number of nitrogens with one attached hydrogen (secondary N) is 1. The number of benzene rings is 2. The molecule has 114 valence electrons. The average Bonchev–Trinajstić information content (AvgIpc) is 2.92. The Morgan fingerprint density at radius 3 is 2.68 bits per heavy atom. The van der Waals surface area contributed by atoms with E-state index in [4.69, 9.17) is 0 Å². The molecule has 0 radical (unpaired) electrons. The molecule has 0 aliphatic heterocycles. The van der Waals surface area contributed by atoms with Crippen LogP contribution in [0.1, 0.15) is 11.1 Å². The highest BCUT2D eigenvalue weighted by Gasteiger charge is 2.31. The van der Waals surface area contributed by atoms with Crippen LogP contribution in [0, 0.1) is 6.92 Å². The number of phenolic OH excluding ortho intramolecular Hbond substituents is 1. The maximum Gasteiger partial charge on any atom is 0.301 e. The lowest BCUT2D eigenvalue weighted by atomic mass is 10.1. The number of alkyl halides is 3. The number of aromatic nitrogens is 2. The van der Waals surface area contributed by atoms with Gasteiger partial charge in [0, 0.05) is 5.56 Å². The third kappa shape index (κ3) is 2.41. The minimum absolute atomic E-state index is 0.0407. The first-order valence-electron chi connectivity index (χ1n) is 6.65. The maximum absolute atomic E-state index is 13.4. The lowest BCUT2D eigenvalue weighted by Gasteiger charge is -2.11. The quantitative estimate of drug-likeness (QED) is 0.757. The Kier molecular flexibility index (Phi) is 3.31. The average molecular weight is 306 g/mol. The van der Waals surface area contributed by atoms with E-state index in [0.29, 0.717) is 22.4 Å². The zero-order valence-corrected chi connectivity index (χ0v) is 11.7. The summed E-state index contributed by atoms with van der Waals surface area (Å²) < 4.78 is 39.2. The number of H-pyrrole nitrogens is 1. The van der Waals surface area contributed by atoms with Gasteiger partial charge in [0.15, 0.2) is 6.67 Å². The Labute approximate surface area is 124 Å². The monoisotopic (exact) mass is 306 g/mol. The van der Waals surface area contributed by atoms with Crippen LogP contribution in [0.15, 0.2) is 36.4 Å². The smallest absolute Gasteiger partial charge is 0.301 e. The number of nitrogens with zero attached hydrogens (tertiary/aromatic N) is 1. The molecule has 0 unspecified atom stereocenters. The number of imidazole rings is 1. The summed E-state index contributed by atoms with van der Waals surface area (Å²) in [6.07, 6.45) is 0. The van der Waals surface area contributed by atoms with Gasteiger partial charge >= 0.3 is 5.92 Å². The number of rotatable bonds is 3. The van der Waals surface area contributed by atoms with Crippen molar-refractivity contribution in [3.05, 3.63) is 47.5 Å². The molecule has 0 bridgehead atoms. The van der Waals surface area contributed by atoms with Crippen LogP contribution in [-0.4, -0.2) is 21.7 Å². The summed E-state index contributed by atoms with van der Waals surface area (Å²) in [7, 11) is 0. The Morgan fingerprint density at radius 2 is 1.95 bits per heavy atom. The lowest BCUT2D eigenvalue weighted by Crippen LogP contribution is -2.15. The van der Waals surface area contributed by atoms with E-state index in [2.05, 4.69) is 9.97 Å². The van der Waals surface area contributed by atoms with E-state index in [-0.39, 0.29) is 5.75 Å². The van der Waals surface area contributed by atoms with Gasteiger partial charge in [0.2, 0.25) is 0 Å². The van der Waals surface area contributed by atoms with Crippen LogP contribution in [-0.2, 0) is 5.92 Å². The van der Waals surface area contributed by atoms with Gasteiger partial charge in [0.1, 0.15) is 11.6 Å². The number of hydrogen-bond acceptors (Lipinski definition) is 2. The highest BCUT2D eigenvalue weighted by Crippen LogP contribution is 2.33. The van der Waals surface area contributed by atoms with Gasteiger partial charge in [-0.3, -0.25) is 0 Å². The topological polar surface area (TPSA) is 48.9 Å². The molecular weight excluding hydrogens is 293 g/mol. The predicted molar refractivity (Wildman–Crippen MR) is 77.8 cm³/mol. The second kappa shape index (κ2) is 5.05. The van der Waals surface area contributed by atoms with Gasteiger partial charge in [-0.25, -0.2) is 9.37 Å². The predicted octanol–water partition coefficient (Wildman–Crippen LogP) is 4.31. The molecule has 0 spiro atoms. The number of aryl methyl sites for hydroxylation is 1. The zero-order valence-electron chi connectivity index (χ0n) is 11.7. The van der Waals surface area contributed by atoms with Gasteiger partial charge in [-0.1, -0.05) is 17.7 Å². The molecule has 2 aromatic carbocycles. The van der Waals surface area contributed by atoms with E-state index in [0.717, 1.165) is 11.6 Å². The van der Waals surface area contributed by atoms with E-state index in [1.807, 2.05) is 6.92 Å². The van der Waals surface area contributed by atoms with E-state index >= 15 is 0 Å². The van der Waals surface area contributed by atoms with Crippen molar-refractivity contribution in [3.63, 3.8) is 0 Å². The normalized spacial score (nSPS) is 12.0. The number of aromatic amines is 1. The SMILES string of the molecule is Cc1ccc(O)c(-c2nc3ccc(C(F)(F)CF)cc3[nH]2)c1. The second-order valence-corrected chi connectivity index (χ2v) is 5.18. The first-order chi connectivity index (χ1) is 10.4. The van der Waals surface area contributed by atoms with Crippen LogP contribution in [0.4, 0.5) is 13.2 Å². The van der Waals surface area contributed by atoms with Gasteiger partial charge in [0.25, 0.3) is 0 Å². The molecule has 0 saturated heterocycles. The molecule has 3 nitrogen and oxygen atoms in total. The maximum atomic E-state index is 13.4. The van der Waals surface area contributed by atoms with Crippen LogP contribution >= 0.6 is 0 Å². The van der Waals surface area contributed by atoms with Crippen molar-refractivity contribution < 1.29 is 18.3 Å². The zero-order chi connectivity index (χ0) is 15.9. The number of aromatic hydroxyl groups is 1. The van der Waals surface area contributed by atoms with E-state index in [1.54, 1.807) is 18.2 Å². The number of fused-ring (bicyclic) bond motifs is 1. The van der Waals surface area contributed by atoms with E-state index in [9.17, 15) is 18.3 Å². The molecule has 1 aromatic heterocycles. The lowest BCUT2D eigenvalue weighted by molar-refractivity contribution is -0.0279. The molecule has 0 atom stereocenters. The number of hydrogen-bond donors (Lipinski definition) is 2. The van der Waals surface area contributed by atoms with Crippen LogP contribution in [0.2, 0.25) is 0 Å². The Morgan fingerprint density at radius 1 is 1.18 bits per heavy atom. The molecule has 2 N–H and O–H groups in total. The number of phenols is 1. The minimum atomic E-state index is -3.52. The summed E-state index contributed by atoms with van der Waals surface area (Å²) in [4.78, 5) is 7.17. The third-order valence-electron chi connectivity index (χ3n) is 3.48. The molecule has 0 aliphatic rings. The van der Waals surface area contributed by atoms with Crippen molar-refractivity contribution >= 4 is 11.0 Å². The first-order valence-corrected chi connectivity index (χ1v) is 6.65. The summed E-state index contributed by atoms with van der Waals surface area (Å²) in [6, 6.07) is 8.77. The molecule has 0 fully saturated rings. The molecule has 0 amide bonds. The summed E-state index contributed by atoms with van der Waals surface area (Å²) >= 11 is 0. The molecular formula is C16H13F3N2O. The van der Waals surface area contributed by atoms with Crippen LogP contribution in [0.3, 0.4) is 0 Å².